The summed E-state index contributed by atoms with van der Waals surface area (Å²) < 4.78 is 11.6. The van der Waals surface area contributed by atoms with Gasteiger partial charge >= 0.3 is 0 Å². The molecule has 0 saturated heterocycles. The minimum Gasteiger partial charge on any atom is -0.496 e. The number of furan rings is 1. The third kappa shape index (κ3) is 3.74. The summed E-state index contributed by atoms with van der Waals surface area (Å²) in [5.74, 6) is 0.469. The molecule has 0 saturated carbocycles. The lowest BCUT2D eigenvalue weighted by Crippen LogP contribution is -2.08. The van der Waals surface area contributed by atoms with Crippen LogP contribution >= 0.6 is 11.3 Å². The number of hydrogen-bond donors (Lipinski definition) is 1. The summed E-state index contributed by atoms with van der Waals surface area (Å²) in [6, 6.07) is 10.4. The first-order valence-electron chi connectivity index (χ1n) is 9.53. The maximum atomic E-state index is 12.4. The summed E-state index contributed by atoms with van der Waals surface area (Å²) in [5.41, 5.74) is 6.63. The Morgan fingerprint density at radius 1 is 1.23 bits per heavy atom. The largest absolute Gasteiger partial charge is 0.496 e. The maximum Gasteiger partial charge on any atom is 0.250 e. The van der Waals surface area contributed by atoms with E-state index in [2.05, 4.69) is 41.5 Å². The van der Waals surface area contributed by atoms with Crippen molar-refractivity contribution in [2.75, 3.05) is 12.4 Å². The van der Waals surface area contributed by atoms with Crippen LogP contribution in [0.25, 0.3) is 27.7 Å². The van der Waals surface area contributed by atoms with Crippen LogP contribution in [0.3, 0.4) is 0 Å². The molecule has 2 heterocycles. The molecule has 1 N–H and O–H groups in total. The van der Waals surface area contributed by atoms with E-state index in [4.69, 9.17) is 9.15 Å². The van der Waals surface area contributed by atoms with Gasteiger partial charge in [0.2, 0.25) is 5.91 Å². The van der Waals surface area contributed by atoms with E-state index >= 15 is 0 Å². The van der Waals surface area contributed by atoms with Gasteiger partial charge in [0.1, 0.15) is 11.3 Å². The molecule has 152 valence electrons. The monoisotopic (exact) mass is 418 g/mol. The number of carbonyl (C=O) groups excluding carboxylic acids is 1. The zero-order chi connectivity index (χ0) is 21.3. The predicted octanol–water partition coefficient (Wildman–Crippen LogP) is 6.22. The van der Waals surface area contributed by atoms with Crippen LogP contribution in [0.15, 0.2) is 58.7 Å². The second-order valence-electron chi connectivity index (χ2n) is 7.13. The minimum absolute atomic E-state index is 0.229. The van der Waals surface area contributed by atoms with Crippen molar-refractivity contribution in [3.05, 3.63) is 70.9 Å². The summed E-state index contributed by atoms with van der Waals surface area (Å²) in [4.78, 5) is 16.5. The first-order chi connectivity index (χ1) is 14.5. The molecule has 0 aliphatic heterocycles. The van der Waals surface area contributed by atoms with Crippen LogP contribution in [-0.4, -0.2) is 18.0 Å². The fourth-order valence-electron chi connectivity index (χ4n) is 3.53. The number of thiazole rings is 1. The zero-order valence-corrected chi connectivity index (χ0v) is 18.1. The second kappa shape index (κ2) is 8.16. The predicted molar refractivity (Wildman–Crippen MR) is 122 cm³/mol. The second-order valence-corrected chi connectivity index (χ2v) is 8.02. The van der Waals surface area contributed by atoms with Crippen molar-refractivity contribution < 1.29 is 13.9 Å². The molecule has 0 bridgehead atoms. The molecule has 0 aliphatic rings. The summed E-state index contributed by atoms with van der Waals surface area (Å²) in [6.45, 7) is 5.93. The van der Waals surface area contributed by atoms with Gasteiger partial charge in [0.05, 0.1) is 13.4 Å². The lowest BCUT2D eigenvalue weighted by atomic mass is 9.96. The Bertz CT molecular complexity index is 1240. The quantitative estimate of drug-likeness (QED) is 0.391. The molecular formula is C24H22N2O3S. The highest BCUT2D eigenvalue weighted by molar-refractivity contribution is 7.13. The van der Waals surface area contributed by atoms with E-state index in [0.717, 1.165) is 38.8 Å². The lowest BCUT2D eigenvalue weighted by Gasteiger charge is -2.13. The molecule has 0 unspecified atom stereocenters. The van der Waals surface area contributed by atoms with Gasteiger partial charge < -0.3 is 9.15 Å². The molecule has 5 nitrogen and oxygen atoms in total. The Hall–Kier alpha value is -3.38. The number of ether oxygens (including phenoxy) is 1. The molecule has 2 aromatic heterocycles. The van der Waals surface area contributed by atoms with Crippen LogP contribution < -0.4 is 10.1 Å². The van der Waals surface area contributed by atoms with E-state index in [1.54, 1.807) is 25.6 Å². The van der Waals surface area contributed by atoms with Crippen LogP contribution in [0.4, 0.5) is 5.13 Å². The molecule has 0 fully saturated rings. The van der Waals surface area contributed by atoms with Gasteiger partial charge in [-0.15, -0.1) is 11.3 Å². The summed E-state index contributed by atoms with van der Waals surface area (Å²) in [6.07, 6.45) is 5.00. The van der Waals surface area contributed by atoms with Crippen LogP contribution in [0.2, 0.25) is 0 Å². The van der Waals surface area contributed by atoms with Crippen molar-refractivity contribution in [1.29, 1.82) is 0 Å². The van der Waals surface area contributed by atoms with E-state index in [1.165, 1.54) is 16.9 Å². The summed E-state index contributed by atoms with van der Waals surface area (Å²) >= 11 is 1.38. The Kier molecular flexibility index (Phi) is 5.42. The molecule has 4 rings (SSSR count). The average Bonchev–Trinajstić information content (AvgIpc) is 3.38. The van der Waals surface area contributed by atoms with E-state index in [0.29, 0.717) is 10.9 Å². The van der Waals surface area contributed by atoms with Crippen LogP contribution in [0.5, 0.6) is 5.75 Å². The normalized spacial score (nSPS) is 11.7. The van der Waals surface area contributed by atoms with E-state index < -0.39 is 0 Å². The highest BCUT2D eigenvalue weighted by atomic mass is 32.1. The van der Waals surface area contributed by atoms with Crippen LogP contribution in [-0.2, 0) is 4.79 Å². The molecule has 0 radical (unpaired) electrons. The molecular weight excluding hydrogens is 396 g/mol. The third-order valence-electron chi connectivity index (χ3n) is 5.05. The molecule has 30 heavy (non-hydrogen) atoms. The van der Waals surface area contributed by atoms with Crippen molar-refractivity contribution in [1.82, 2.24) is 4.98 Å². The number of nitrogens with zero attached hydrogens (tertiary/aromatic N) is 1. The highest BCUT2D eigenvalue weighted by Crippen LogP contribution is 2.40. The Morgan fingerprint density at radius 2 is 2.00 bits per heavy atom. The van der Waals surface area contributed by atoms with Gasteiger partial charge in [-0.25, -0.2) is 4.98 Å². The fourth-order valence-corrected chi connectivity index (χ4v) is 4.06. The van der Waals surface area contributed by atoms with Crippen molar-refractivity contribution >= 4 is 38.9 Å². The van der Waals surface area contributed by atoms with E-state index in [1.807, 2.05) is 25.3 Å². The number of amides is 1. The maximum absolute atomic E-state index is 12.4. The van der Waals surface area contributed by atoms with Crippen molar-refractivity contribution in [3.63, 3.8) is 0 Å². The summed E-state index contributed by atoms with van der Waals surface area (Å²) in [7, 11) is 1.63. The highest BCUT2D eigenvalue weighted by Gasteiger charge is 2.19. The number of fused-ring (bicyclic) bond motifs is 1. The van der Waals surface area contributed by atoms with Gasteiger partial charge in [0, 0.05) is 39.7 Å². The van der Waals surface area contributed by atoms with Crippen molar-refractivity contribution in [2.24, 2.45) is 0 Å². The lowest BCUT2D eigenvalue weighted by molar-refractivity contribution is -0.111. The van der Waals surface area contributed by atoms with Crippen LogP contribution in [0.1, 0.15) is 23.6 Å². The molecule has 0 atom stereocenters. The first-order valence-corrected chi connectivity index (χ1v) is 10.4. The molecule has 0 spiro atoms. The van der Waals surface area contributed by atoms with Gasteiger partial charge in [0.25, 0.3) is 0 Å². The Morgan fingerprint density at radius 3 is 2.67 bits per heavy atom. The number of allylic oxidation sites excluding steroid dienone is 1. The van der Waals surface area contributed by atoms with E-state index in [-0.39, 0.29) is 5.91 Å². The van der Waals surface area contributed by atoms with Crippen LogP contribution in [0, 0.1) is 13.8 Å². The number of benzene rings is 2. The smallest absolute Gasteiger partial charge is 0.250 e. The van der Waals surface area contributed by atoms with Gasteiger partial charge in [-0.2, -0.15) is 0 Å². The fraction of sp³-hybridized carbons (Fsp3) is 0.167. The van der Waals surface area contributed by atoms with Gasteiger partial charge in [-0.1, -0.05) is 29.8 Å². The Balaban J connectivity index is 1.80. The number of carbonyl (C=O) groups is 1. The topological polar surface area (TPSA) is 64.4 Å². The molecule has 1 amide bonds. The van der Waals surface area contributed by atoms with Gasteiger partial charge in [-0.05, 0) is 38.0 Å². The number of methoxy groups -OCH3 is 1. The zero-order valence-electron chi connectivity index (χ0n) is 17.3. The number of aryl methyl sites for hydroxylation is 2. The van der Waals surface area contributed by atoms with E-state index in [9.17, 15) is 4.79 Å². The number of nitrogens with one attached hydrogen (secondary N) is 1. The summed E-state index contributed by atoms with van der Waals surface area (Å²) in [5, 5.41) is 6.15. The standard InChI is InChI=1S/C24H22N2O3S/c1-14-5-7-17(8-6-14)20-13-29-23-16(3)22(28-4)18(12-19(20)23)15(2)11-21(27)26-24-25-9-10-30-24/h5-13H,1-4H3,(H,25,26,27)/b15-11+. The number of anilines is 1. The molecule has 6 heteroatoms. The average molecular weight is 419 g/mol. The minimum atomic E-state index is -0.229. The number of aromatic nitrogens is 1. The SMILES string of the molecule is COc1c(/C(C)=C/C(=O)Nc2nccs2)cc2c(-c3ccc(C)cc3)coc2c1C. The van der Waals surface area contributed by atoms with Crippen molar-refractivity contribution in [2.45, 2.75) is 20.8 Å². The number of hydrogen-bond acceptors (Lipinski definition) is 5. The van der Waals surface area contributed by atoms with Gasteiger partial charge in [-0.3, -0.25) is 10.1 Å². The van der Waals surface area contributed by atoms with Crippen molar-refractivity contribution in [3.8, 4) is 16.9 Å². The molecule has 2 aromatic carbocycles. The third-order valence-corrected chi connectivity index (χ3v) is 5.73. The molecule has 4 aromatic rings. The van der Waals surface area contributed by atoms with Gasteiger partial charge in [0.15, 0.2) is 5.13 Å². The first kappa shape index (κ1) is 19.9. The molecule has 0 aliphatic carbocycles. The number of rotatable bonds is 5. The Labute approximate surface area is 179 Å².